The monoisotopic (exact) mass is 217 g/mol. The Morgan fingerprint density at radius 3 is 2.64 bits per heavy atom. The van der Waals surface area contributed by atoms with Gasteiger partial charge in [0.15, 0.2) is 0 Å². The summed E-state index contributed by atoms with van der Waals surface area (Å²) in [6, 6.07) is 0.184. The third kappa shape index (κ3) is 3.06. The molecule has 0 aromatic carbocycles. The first-order valence-electron chi connectivity index (χ1n) is 5.81. The van der Waals surface area contributed by atoms with Gasteiger partial charge in [-0.2, -0.15) is 0 Å². The molecule has 1 aliphatic carbocycles. The van der Waals surface area contributed by atoms with E-state index in [1.54, 1.807) is 0 Å². The molecular formula is C11H23NOS. The van der Waals surface area contributed by atoms with Crippen LogP contribution in [0.1, 0.15) is 46.0 Å². The summed E-state index contributed by atoms with van der Waals surface area (Å²) < 4.78 is 11.8. The van der Waals surface area contributed by atoms with Crippen LogP contribution in [0.4, 0.5) is 0 Å². The summed E-state index contributed by atoms with van der Waals surface area (Å²) in [5, 5.41) is 0.269. The highest BCUT2D eigenvalue weighted by Crippen LogP contribution is 2.29. The van der Waals surface area contributed by atoms with Crippen molar-refractivity contribution in [2.24, 2.45) is 11.7 Å². The van der Waals surface area contributed by atoms with E-state index in [1.807, 2.05) is 6.92 Å². The van der Waals surface area contributed by atoms with Gasteiger partial charge in [-0.15, -0.1) is 0 Å². The van der Waals surface area contributed by atoms with Crippen LogP contribution in [-0.4, -0.2) is 21.3 Å². The molecule has 4 atom stereocenters. The Morgan fingerprint density at radius 2 is 2.07 bits per heavy atom. The number of nitrogens with two attached hydrogens (primary N) is 1. The van der Waals surface area contributed by atoms with Gasteiger partial charge in [-0.3, -0.25) is 4.21 Å². The lowest BCUT2D eigenvalue weighted by molar-refractivity contribution is 0.313. The predicted octanol–water partition coefficient (Wildman–Crippen LogP) is 2.05. The second-order valence-corrected chi connectivity index (χ2v) is 6.28. The second kappa shape index (κ2) is 5.86. The summed E-state index contributed by atoms with van der Waals surface area (Å²) in [4.78, 5) is 0. The predicted molar refractivity (Wildman–Crippen MR) is 62.7 cm³/mol. The third-order valence-electron chi connectivity index (χ3n) is 3.27. The smallest absolute Gasteiger partial charge is 0.0501 e. The largest absolute Gasteiger partial charge is 0.327 e. The van der Waals surface area contributed by atoms with Crippen LogP contribution in [0.2, 0.25) is 0 Å². The fourth-order valence-electron chi connectivity index (χ4n) is 2.42. The highest BCUT2D eigenvalue weighted by Gasteiger charge is 2.30. The zero-order valence-electron chi connectivity index (χ0n) is 9.37. The lowest BCUT2D eigenvalue weighted by atomic mass is 9.83. The highest BCUT2D eigenvalue weighted by atomic mass is 32.2. The fourth-order valence-corrected chi connectivity index (χ4v) is 3.86. The van der Waals surface area contributed by atoms with Gasteiger partial charge in [-0.1, -0.05) is 26.7 Å². The summed E-state index contributed by atoms with van der Waals surface area (Å²) in [5.41, 5.74) is 6.02. The molecule has 0 spiro atoms. The maximum Gasteiger partial charge on any atom is 0.0501 e. The summed E-state index contributed by atoms with van der Waals surface area (Å²) in [5.74, 6) is 1.54. The van der Waals surface area contributed by atoms with Crippen molar-refractivity contribution < 1.29 is 4.21 Å². The summed E-state index contributed by atoms with van der Waals surface area (Å²) in [6.45, 7) is 4.21. The van der Waals surface area contributed by atoms with E-state index in [-0.39, 0.29) is 11.3 Å². The molecule has 0 amide bonds. The summed E-state index contributed by atoms with van der Waals surface area (Å²) in [7, 11) is -0.693. The van der Waals surface area contributed by atoms with Gasteiger partial charge in [-0.05, 0) is 25.2 Å². The fraction of sp³-hybridized carbons (Fsp3) is 1.00. The number of rotatable bonds is 4. The normalized spacial score (nSPS) is 35.5. The van der Waals surface area contributed by atoms with Crippen LogP contribution in [0.15, 0.2) is 0 Å². The van der Waals surface area contributed by atoms with Crippen molar-refractivity contribution in [3.8, 4) is 0 Å². The Balaban J connectivity index is 2.50. The molecule has 14 heavy (non-hydrogen) atoms. The molecule has 0 radical (unpaired) electrons. The molecule has 0 aliphatic heterocycles. The first-order chi connectivity index (χ1) is 6.69. The minimum absolute atomic E-state index is 0.184. The topological polar surface area (TPSA) is 43.1 Å². The van der Waals surface area contributed by atoms with Crippen molar-refractivity contribution >= 4 is 10.8 Å². The van der Waals surface area contributed by atoms with Gasteiger partial charge in [0, 0.05) is 22.6 Å². The van der Waals surface area contributed by atoms with Crippen LogP contribution in [0.25, 0.3) is 0 Å². The molecule has 84 valence electrons. The molecular weight excluding hydrogens is 194 g/mol. The van der Waals surface area contributed by atoms with Gasteiger partial charge in [0.1, 0.15) is 0 Å². The van der Waals surface area contributed by atoms with Crippen LogP contribution in [-0.2, 0) is 10.8 Å². The molecule has 1 fully saturated rings. The van der Waals surface area contributed by atoms with Crippen molar-refractivity contribution in [2.75, 3.05) is 5.75 Å². The Hall–Kier alpha value is 0.110. The standard InChI is InChI=1S/C11H23NOS/c1-3-5-9-6-7-10(12)11(8-9)14(13)4-2/h9-11H,3-8,12H2,1-2H3. The van der Waals surface area contributed by atoms with E-state index in [0.29, 0.717) is 0 Å². The molecule has 0 saturated heterocycles. The van der Waals surface area contributed by atoms with Gasteiger partial charge in [-0.25, -0.2) is 0 Å². The van der Waals surface area contributed by atoms with Crippen LogP contribution >= 0.6 is 0 Å². The molecule has 1 aliphatic rings. The molecule has 0 aromatic rings. The van der Waals surface area contributed by atoms with E-state index < -0.39 is 10.8 Å². The van der Waals surface area contributed by atoms with Crippen molar-refractivity contribution in [1.29, 1.82) is 0 Å². The van der Waals surface area contributed by atoms with E-state index in [1.165, 1.54) is 19.3 Å². The Kier molecular flexibility index (Phi) is 5.10. The summed E-state index contributed by atoms with van der Waals surface area (Å²) >= 11 is 0. The third-order valence-corrected chi connectivity index (χ3v) is 5.06. The van der Waals surface area contributed by atoms with Gasteiger partial charge in [0.05, 0.1) is 5.25 Å². The molecule has 3 heteroatoms. The maximum absolute atomic E-state index is 11.8. The quantitative estimate of drug-likeness (QED) is 0.783. The van der Waals surface area contributed by atoms with Crippen molar-refractivity contribution in [2.45, 2.75) is 57.2 Å². The van der Waals surface area contributed by atoms with Gasteiger partial charge in [0.2, 0.25) is 0 Å². The molecule has 0 heterocycles. The molecule has 4 unspecified atom stereocenters. The molecule has 1 rings (SSSR count). The summed E-state index contributed by atoms with van der Waals surface area (Å²) in [6.07, 6.45) is 5.93. The molecule has 2 N–H and O–H groups in total. The Morgan fingerprint density at radius 1 is 1.36 bits per heavy atom. The molecule has 0 bridgehead atoms. The minimum Gasteiger partial charge on any atom is -0.327 e. The van der Waals surface area contributed by atoms with Crippen LogP contribution in [0.5, 0.6) is 0 Å². The Labute approximate surface area is 90.1 Å². The maximum atomic E-state index is 11.8. The van der Waals surface area contributed by atoms with E-state index >= 15 is 0 Å². The van der Waals surface area contributed by atoms with E-state index in [9.17, 15) is 4.21 Å². The van der Waals surface area contributed by atoms with Gasteiger partial charge >= 0.3 is 0 Å². The zero-order valence-corrected chi connectivity index (χ0v) is 10.2. The Bertz CT molecular complexity index is 196. The number of hydrogen-bond donors (Lipinski definition) is 1. The van der Waals surface area contributed by atoms with E-state index in [2.05, 4.69) is 6.92 Å². The lowest BCUT2D eigenvalue weighted by Gasteiger charge is -2.33. The van der Waals surface area contributed by atoms with Crippen LogP contribution in [0.3, 0.4) is 0 Å². The SMILES string of the molecule is CCCC1CCC(N)C(S(=O)CC)C1. The van der Waals surface area contributed by atoms with Crippen LogP contribution in [0, 0.1) is 5.92 Å². The molecule has 1 saturated carbocycles. The first-order valence-corrected chi connectivity index (χ1v) is 7.20. The average Bonchev–Trinajstić information content (AvgIpc) is 2.20. The van der Waals surface area contributed by atoms with E-state index in [4.69, 9.17) is 5.73 Å². The minimum atomic E-state index is -0.693. The number of hydrogen-bond acceptors (Lipinski definition) is 2. The first kappa shape index (κ1) is 12.2. The van der Waals surface area contributed by atoms with E-state index in [0.717, 1.165) is 24.5 Å². The molecule has 0 aromatic heterocycles. The van der Waals surface area contributed by atoms with Crippen molar-refractivity contribution in [3.63, 3.8) is 0 Å². The molecule has 2 nitrogen and oxygen atoms in total. The van der Waals surface area contributed by atoms with Crippen molar-refractivity contribution in [3.05, 3.63) is 0 Å². The highest BCUT2D eigenvalue weighted by molar-refractivity contribution is 7.85. The van der Waals surface area contributed by atoms with Gasteiger partial charge in [0.25, 0.3) is 0 Å². The lowest BCUT2D eigenvalue weighted by Crippen LogP contribution is -2.43. The van der Waals surface area contributed by atoms with Crippen molar-refractivity contribution in [1.82, 2.24) is 0 Å². The average molecular weight is 217 g/mol. The van der Waals surface area contributed by atoms with Crippen LogP contribution < -0.4 is 5.73 Å². The second-order valence-electron chi connectivity index (χ2n) is 4.34. The van der Waals surface area contributed by atoms with Gasteiger partial charge < -0.3 is 5.73 Å². The zero-order chi connectivity index (χ0) is 10.6.